The lowest BCUT2D eigenvalue weighted by molar-refractivity contribution is -0.115. The van der Waals surface area contributed by atoms with E-state index in [1.54, 1.807) is 38.5 Å². The molecule has 0 bridgehead atoms. The Bertz CT molecular complexity index is 1330. The van der Waals surface area contributed by atoms with Crippen LogP contribution in [0, 0.1) is 0 Å². The molecule has 0 radical (unpaired) electrons. The first kappa shape index (κ1) is 22.3. The first-order chi connectivity index (χ1) is 16.0. The van der Waals surface area contributed by atoms with Crippen molar-refractivity contribution in [1.82, 2.24) is 19.7 Å². The number of methoxy groups -OCH3 is 2. The molecule has 0 aliphatic heterocycles. The number of rotatable bonds is 8. The summed E-state index contributed by atoms with van der Waals surface area (Å²) in [6.45, 7) is 1.91. The number of ether oxygens (including phenoxy) is 2. The van der Waals surface area contributed by atoms with Crippen molar-refractivity contribution in [1.29, 1.82) is 0 Å². The Morgan fingerprint density at radius 3 is 2.67 bits per heavy atom. The number of benzene rings is 1. The summed E-state index contributed by atoms with van der Waals surface area (Å²) in [6.07, 6.45) is 0.704. The molecule has 10 heteroatoms. The number of amides is 1. The van der Waals surface area contributed by atoms with Crippen LogP contribution in [0.1, 0.15) is 18.2 Å². The molecule has 0 atom stereocenters. The smallest absolute Gasteiger partial charge is 0.252 e. The molecule has 170 valence electrons. The Kier molecular flexibility index (Phi) is 6.55. The fraction of sp³-hybridized carbons (Fsp3) is 0.217. The van der Waals surface area contributed by atoms with Crippen molar-refractivity contribution >= 4 is 23.1 Å². The Morgan fingerprint density at radius 1 is 1.15 bits per heavy atom. The Labute approximate surface area is 194 Å². The van der Waals surface area contributed by atoms with Crippen molar-refractivity contribution < 1.29 is 14.3 Å². The van der Waals surface area contributed by atoms with Gasteiger partial charge in [-0.15, -0.1) is 11.3 Å². The van der Waals surface area contributed by atoms with Gasteiger partial charge in [0, 0.05) is 17.8 Å². The monoisotopic (exact) mass is 465 g/mol. The highest BCUT2D eigenvalue weighted by Gasteiger charge is 2.17. The molecule has 33 heavy (non-hydrogen) atoms. The van der Waals surface area contributed by atoms with E-state index in [2.05, 4.69) is 20.4 Å². The summed E-state index contributed by atoms with van der Waals surface area (Å²) in [5, 5.41) is 9.43. The number of hydrogen-bond acceptors (Lipinski definition) is 7. The molecule has 3 heterocycles. The standard InChI is InChI=1S/C23H23N5O4S/c1-4-15-12-22(30)26-23(24-15)28-20(13-16(27-28)19-6-5-9-33-19)25-21(29)11-14-7-8-17(31-2)18(10-14)32-3/h5-10,12-13H,4,11H2,1-3H3,(H,25,29)(H,24,26,30). The Hall–Kier alpha value is -3.92. The summed E-state index contributed by atoms with van der Waals surface area (Å²) < 4.78 is 12.0. The van der Waals surface area contributed by atoms with Crippen LogP contribution in [0.25, 0.3) is 16.5 Å². The lowest BCUT2D eigenvalue weighted by atomic mass is 10.1. The van der Waals surface area contributed by atoms with Crippen LogP contribution in [-0.4, -0.2) is 39.9 Å². The highest BCUT2D eigenvalue weighted by molar-refractivity contribution is 7.13. The number of carbonyl (C=O) groups excluding carboxylic acids is 1. The van der Waals surface area contributed by atoms with Crippen LogP contribution < -0.4 is 20.3 Å². The van der Waals surface area contributed by atoms with Gasteiger partial charge in [0.2, 0.25) is 11.9 Å². The zero-order valence-corrected chi connectivity index (χ0v) is 19.2. The maximum Gasteiger partial charge on any atom is 0.252 e. The van der Waals surface area contributed by atoms with E-state index in [4.69, 9.17) is 9.47 Å². The minimum absolute atomic E-state index is 0.110. The minimum Gasteiger partial charge on any atom is -0.493 e. The van der Waals surface area contributed by atoms with Crippen LogP contribution in [0.5, 0.6) is 11.5 Å². The zero-order valence-electron chi connectivity index (χ0n) is 18.4. The van der Waals surface area contributed by atoms with E-state index in [1.807, 2.05) is 24.4 Å². The molecule has 2 N–H and O–H groups in total. The summed E-state index contributed by atoms with van der Waals surface area (Å²) in [5.41, 5.74) is 1.77. The van der Waals surface area contributed by atoms with Gasteiger partial charge in [-0.1, -0.05) is 19.1 Å². The predicted molar refractivity (Wildman–Crippen MR) is 127 cm³/mol. The summed E-state index contributed by atoms with van der Waals surface area (Å²) in [6, 6.07) is 12.4. The third kappa shape index (κ3) is 4.96. The third-order valence-corrected chi connectivity index (χ3v) is 5.80. The number of aryl methyl sites for hydroxylation is 1. The van der Waals surface area contributed by atoms with E-state index >= 15 is 0 Å². The molecule has 1 amide bonds. The Balaban J connectivity index is 1.66. The quantitative estimate of drug-likeness (QED) is 0.412. The summed E-state index contributed by atoms with van der Waals surface area (Å²) in [7, 11) is 3.10. The summed E-state index contributed by atoms with van der Waals surface area (Å²) in [5.74, 6) is 1.52. The van der Waals surface area contributed by atoms with E-state index in [0.29, 0.717) is 35.1 Å². The fourth-order valence-corrected chi connectivity index (χ4v) is 4.00. The second kappa shape index (κ2) is 9.70. The number of nitrogens with zero attached hydrogens (tertiary/aromatic N) is 3. The van der Waals surface area contributed by atoms with Crippen molar-refractivity contribution in [3.8, 4) is 28.0 Å². The lowest BCUT2D eigenvalue weighted by Gasteiger charge is -2.11. The first-order valence-corrected chi connectivity index (χ1v) is 11.1. The molecule has 0 unspecified atom stereocenters. The molecule has 9 nitrogen and oxygen atoms in total. The average molecular weight is 466 g/mol. The van der Waals surface area contributed by atoms with Crippen LogP contribution >= 0.6 is 11.3 Å². The third-order valence-electron chi connectivity index (χ3n) is 4.91. The molecule has 0 aliphatic rings. The molecule has 4 rings (SSSR count). The molecule has 0 spiro atoms. The van der Waals surface area contributed by atoms with Crippen LogP contribution in [0.3, 0.4) is 0 Å². The molecule has 0 saturated carbocycles. The zero-order chi connectivity index (χ0) is 23.4. The maximum atomic E-state index is 12.9. The number of H-pyrrole nitrogens is 1. The van der Waals surface area contributed by atoms with Gasteiger partial charge in [0.1, 0.15) is 11.5 Å². The van der Waals surface area contributed by atoms with Gasteiger partial charge in [0.05, 0.1) is 25.5 Å². The van der Waals surface area contributed by atoms with Gasteiger partial charge in [0.25, 0.3) is 5.56 Å². The predicted octanol–water partition coefficient (Wildman–Crippen LogP) is 3.44. The molecule has 4 aromatic rings. The maximum absolute atomic E-state index is 12.9. The van der Waals surface area contributed by atoms with Gasteiger partial charge in [-0.3, -0.25) is 14.6 Å². The second-order valence-electron chi connectivity index (χ2n) is 7.13. The largest absolute Gasteiger partial charge is 0.493 e. The van der Waals surface area contributed by atoms with E-state index in [1.165, 1.54) is 22.1 Å². The van der Waals surface area contributed by atoms with Gasteiger partial charge in [-0.2, -0.15) is 9.78 Å². The van der Waals surface area contributed by atoms with Crippen LogP contribution in [0.15, 0.2) is 52.6 Å². The number of thiophene rings is 1. The highest BCUT2D eigenvalue weighted by Crippen LogP contribution is 2.29. The number of aromatic amines is 1. The van der Waals surface area contributed by atoms with Crippen molar-refractivity contribution in [3.05, 3.63) is 69.5 Å². The van der Waals surface area contributed by atoms with Crippen LogP contribution in [0.2, 0.25) is 0 Å². The van der Waals surface area contributed by atoms with E-state index in [0.717, 1.165) is 10.4 Å². The van der Waals surface area contributed by atoms with Gasteiger partial charge < -0.3 is 14.8 Å². The van der Waals surface area contributed by atoms with Crippen LogP contribution in [-0.2, 0) is 17.6 Å². The van der Waals surface area contributed by atoms with Gasteiger partial charge in [-0.25, -0.2) is 4.98 Å². The molecule has 0 saturated heterocycles. The molecule has 0 fully saturated rings. The molecular weight excluding hydrogens is 442 g/mol. The second-order valence-corrected chi connectivity index (χ2v) is 8.08. The van der Waals surface area contributed by atoms with Gasteiger partial charge in [-0.05, 0) is 35.6 Å². The molecule has 1 aromatic carbocycles. The minimum atomic E-state index is -0.285. The van der Waals surface area contributed by atoms with Crippen molar-refractivity contribution in [3.63, 3.8) is 0 Å². The number of anilines is 1. The van der Waals surface area contributed by atoms with Crippen LogP contribution in [0.4, 0.5) is 5.82 Å². The summed E-state index contributed by atoms with van der Waals surface area (Å²) in [4.78, 5) is 33.1. The highest BCUT2D eigenvalue weighted by atomic mass is 32.1. The fourth-order valence-electron chi connectivity index (χ4n) is 3.31. The van der Waals surface area contributed by atoms with E-state index < -0.39 is 0 Å². The number of nitrogens with one attached hydrogen (secondary N) is 2. The molecule has 0 aliphatic carbocycles. The van der Waals surface area contributed by atoms with Crippen molar-refractivity contribution in [2.45, 2.75) is 19.8 Å². The Morgan fingerprint density at radius 2 is 1.97 bits per heavy atom. The average Bonchev–Trinajstić information content (AvgIpc) is 3.48. The van der Waals surface area contributed by atoms with Crippen molar-refractivity contribution in [2.75, 3.05) is 19.5 Å². The van der Waals surface area contributed by atoms with Gasteiger partial charge >= 0.3 is 0 Å². The first-order valence-electron chi connectivity index (χ1n) is 10.3. The van der Waals surface area contributed by atoms with Crippen molar-refractivity contribution in [2.24, 2.45) is 0 Å². The number of aromatic nitrogens is 4. The number of carbonyl (C=O) groups is 1. The normalized spacial score (nSPS) is 10.8. The topological polar surface area (TPSA) is 111 Å². The number of hydrogen-bond donors (Lipinski definition) is 2. The summed E-state index contributed by atoms with van der Waals surface area (Å²) >= 11 is 1.53. The van der Waals surface area contributed by atoms with E-state index in [9.17, 15) is 9.59 Å². The lowest BCUT2D eigenvalue weighted by Crippen LogP contribution is -2.20. The molecular formula is C23H23N5O4S. The van der Waals surface area contributed by atoms with Gasteiger partial charge in [0.15, 0.2) is 11.5 Å². The molecule has 3 aromatic heterocycles. The van der Waals surface area contributed by atoms with E-state index in [-0.39, 0.29) is 23.8 Å². The SMILES string of the molecule is CCc1cc(=O)[nH]c(-n2nc(-c3cccs3)cc2NC(=O)Cc2ccc(OC)c(OC)c2)n1.